The molecule has 0 radical (unpaired) electrons. The summed E-state index contributed by atoms with van der Waals surface area (Å²) in [6.07, 6.45) is 2.97. The van der Waals surface area contributed by atoms with Gasteiger partial charge in [-0.05, 0) is 24.3 Å². The summed E-state index contributed by atoms with van der Waals surface area (Å²) >= 11 is 0. The van der Waals surface area contributed by atoms with Gasteiger partial charge in [-0.2, -0.15) is 0 Å². The second-order valence-electron chi connectivity index (χ2n) is 3.81. The van der Waals surface area contributed by atoms with Crippen LogP contribution in [0.3, 0.4) is 0 Å². The number of allylic oxidation sites excluding steroid dienone is 2. The maximum absolute atomic E-state index is 11.6. The zero-order valence-electron chi connectivity index (χ0n) is 10.4. The number of carbonyl (C=O) groups is 1. The Morgan fingerprint density at radius 3 is 2.55 bits per heavy atom. The van der Waals surface area contributed by atoms with E-state index in [0.29, 0.717) is 5.69 Å². The molecule has 0 saturated carbocycles. The van der Waals surface area contributed by atoms with Gasteiger partial charge in [0.2, 0.25) is 0 Å². The predicted octanol–water partition coefficient (Wildman–Crippen LogP) is 3.10. The maximum Gasteiger partial charge on any atom is 0.412 e. The minimum atomic E-state index is -0.630. The molecule has 0 aromatic heterocycles. The Morgan fingerprint density at radius 2 is 1.90 bits per heavy atom. The Morgan fingerprint density at radius 1 is 1.20 bits per heavy atom. The van der Waals surface area contributed by atoms with Crippen molar-refractivity contribution < 1.29 is 19.7 Å². The van der Waals surface area contributed by atoms with Gasteiger partial charge in [0.15, 0.2) is 0 Å². The smallest absolute Gasteiger partial charge is 0.412 e. The lowest BCUT2D eigenvalue weighted by atomic mass is 10.3. The number of amides is 1. The first-order chi connectivity index (χ1) is 9.69. The van der Waals surface area contributed by atoms with Crippen molar-refractivity contribution in [2.24, 2.45) is 0 Å². The number of para-hydroxylation sites is 2. The molecule has 0 saturated heterocycles. The van der Waals surface area contributed by atoms with Crippen molar-refractivity contribution in [2.45, 2.75) is 0 Å². The fourth-order valence-electron chi connectivity index (χ4n) is 1.36. The SMILES string of the molecule is O=C(Nc1ccccc1O)OCC1=CC=C(CO)SS1. The van der Waals surface area contributed by atoms with E-state index in [-0.39, 0.29) is 19.0 Å². The lowest BCUT2D eigenvalue weighted by Gasteiger charge is -2.12. The molecule has 0 aliphatic carbocycles. The zero-order valence-corrected chi connectivity index (χ0v) is 12.0. The van der Waals surface area contributed by atoms with Crippen LogP contribution in [0.25, 0.3) is 0 Å². The van der Waals surface area contributed by atoms with E-state index in [2.05, 4.69) is 5.32 Å². The third-order valence-corrected chi connectivity index (χ3v) is 4.92. The number of rotatable bonds is 4. The number of aromatic hydroxyl groups is 1. The quantitative estimate of drug-likeness (QED) is 0.586. The first-order valence-electron chi connectivity index (χ1n) is 5.76. The summed E-state index contributed by atoms with van der Waals surface area (Å²) < 4.78 is 5.05. The molecule has 1 heterocycles. The molecule has 20 heavy (non-hydrogen) atoms. The fourth-order valence-corrected chi connectivity index (χ4v) is 3.26. The molecule has 7 heteroatoms. The molecule has 0 atom stereocenters. The summed E-state index contributed by atoms with van der Waals surface area (Å²) in [7, 11) is 2.88. The summed E-state index contributed by atoms with van der Waals surface area (Å²) in [5.74, 6) is -0.0122. The molecule has 0 unspecified atom stereocenters. The van der Waals surface area contributed by atoms with E-state index in [9.17, 15) is 9.90 Å². The zero-order chi connectivity index (χ0) is 14.4. The minimum absolute atomic E-state index is 0.00999. The lowest BCUT2D eigenvalue weighted by Crippen LogP contribution is -2.15. The van der Waals surface area contributed by atoms with Crippen LogP contribution in [-0.4, -0.2) is 29.5 Å². The molecule has 0 bridgehead atoms. The summed E-state index contributed by atoms with van der Waals surface area (Å²) in [6.45, 7) is 0.155. The first-order valence-corrected chi connectivity index (χ1v) is 7.91. The van der Waals surface area contributed by atoms with E-state index in [4.69, 9.17) is 9.84 Å². The van der Waals surface area contributed by atoms with Crippen molar-refractivity contribution in [3.05, 3.63) is 46.2 Å². The highest BCUT2D eigenvalue weighted by Gasteiger charge is 2.11. The molecule has 1 aromatic rings. The largest absolute Gasteiger partial charge is 0.506 e. The lowest BCUT2D eigenvalue weighted by molar-refractivity contribution is 0.173. The van der Waals surface area contributed by atoms with Gasteiger partial charge in [-0.25, -0.2) is 4.79 Å². The third-order valence-electron chi connectivity index (χ3n) is 2.35. The van der Waals surface area contributed by atoms with Crippen LogP contribution >= 0.6 is 21.6 Å². The number of nitrogens with one attached hydrogen (secondary N) is 1. The van der Waals surface area contributed by atoms with Crippen molar-refractivity contribution in [3.63, 3.8) is 0 Å². The molecule has 1 amide bonds. The van der Waals surface area contributed by atoms with Crippen LogP contribution < -0.4 is 5.32 Å². The first kappa shape index (κ1) is 14.8. The van der Waals surface area contributed by atoms with Gasteiger partial charge < -0.3 is 14.9 Å². The molecule has 1 aliphatic rings. The number of phenols is 1. The number of carbonyl (C=O) groups excluding carboxylic acids is 1. The van der Waals surface area contributed by atoms with Gasteiger partial charge in [0.25, 0.3) is 0 Å². The average Bonchev–Trinajstić information content (AvgIpc) is 2.48. The number of aliphatic hydroxyl groups excluding tert-OH is 1. The highest BCUT2D eigenvalue weighted by Crippen LogP contribution is 2.39. The second-order valence-corrected chi connectivity index (χ2v) is 6.19. The molecule has 106 valence electrons. The van der Waals surface area contributed by atoms with Gasteiger partial charge in [-0.3, -0.25) is 5.32 Å². The van der Waals surface area contributed by atoms with Crippen LogP contribution in [0.4, 0.5) is 10.5 Å². The van der Waals surface area contributed by atoms with E-state index in [1.54, 1.807) is 30.4 Å². The van der Waals surface area contributed by atoms with Crippen LogP contribution in [0.5, 0.6) is 5.75 Å². The number of hydrogen-bond donors (Lipinski definition) is 3. The minimum Gasteiger partial charge on any atom is -0.506 e. The van der Waals surface area contributed by atoms with Crippen molar-refractivity contribution in [1.29, 1.82) is 0 Å². The monoisotopic (exact) mass is 311 g/mol. The Bertz CT molecular complexity index is 557. The fraction of sp³-hybridized carbons (Fsp3) is 0.154. The number of phenolic OH excluding ortho intramolecular Hbond substituents is 1. The van der Waals surface area contributed by atoms with E-state index in [1.165, 1.54) is 27.7 Å². The molecule has 3 N–H and O–H groups in total. The van der Waals surface area contributed by atoms with Crippen LogP contribution in [-0.2, 0) is 4.74 Å². The summed E-state index contributed by atoms with van der Waals surface area (Å²) in [4.78, 5) is 13.3. The number of aliphatic hydroxyl groups is 1. The standard InChI is InChI=1S/C13H13NO4S2/c15-7-9-5-6-10(20-19-9)8-18-13(17)14-11-3-1-2-4-12(11)16/h1-6,15-16H,7-8H2,(H,14,17). The van der Waals surface area contributed by atoms with Gasteiger partial charge >= 0.3 is 6.09 Å². The summed E-state index contributed by atoms with van der Waals surface area (Å²) in [6, 6.07) is 6.43. The number of benzene rings is 1. The highest BCUT2D eigenvalue weighted by atomic mass is 33.1. The van der Waals surface area contributed by atoms with Crippen LogP contribution in [0.2, 0.25) is 0 Å². The third kappa shape index (κ3) is 4.22. The van der Waals surface area contributed by atoms with Gasteiger partial charge in [0, 0.05) is 9.81 Å². The predicted molar refractivity (Wildman–Crippen MR) is 81.5 cm³/mol. The van der Waals surface area contributed by atoms with Gasteiger partial charge in [-0.1, -0.05) is 33.7 Å². The Hall–Kier alpha value is -1.57. The number of ether oxygens (including phenoxy) is 1. The molecule has 2 rings (SSSR count). The van der Waals surface area contributed by atoms with Crippen LogP contribution in [0.1, 0.15) is 0 Å². The molecule has 1 aromatic carbocycles. The summed E-state index contributed by atoms with van der Waals surface area (Å²) in [5, 5.41) is 20.9. The molecule has 5 nitrogen and oxygen atoms in total. The Balaban J connectivity index is 1.83. The average molecular weight is 311 g/mol. The number of anilines is 1. The van der Waals surface area contributed by atoms with Gasteiger partial charge in [-0.15, -0.1) is 0 Å². The van der Waals surface area contributed by atoms with E-state index in [1.807, 2.05) is 0 Å². The van der Waals surface area contributed by atoms with Crippen molar-refractivity contribution in [2.75, 3.05) is 18.5 Å². The van der Waals surface area contributed by atoms with E-state index in [0.717, 1.165) is 9.81 Å². The molecule has 1 aliphatic heterocycles. The second kappa shape index (κ2) is 7.28. The van der Waals surface area contributed by atoms with Crippen molar-refractivity contribution in [3.8, 4) is 5.75 Å². The Labute approximate surface area is 124 Å². The topological polar surface area (TPSA) is 78.8 Å². The van der Waals surface area contributed by atoms with Crippen molar-refractivity contribution in [1.82, 2.24) is 0 Å². The van der Waals surface area contributed by atoms with Gasteiger partial charge in [0.1, 0.15) is 12.4 Å². The molecule has 0 spiro atoms. The molecular formula is C13H13NO4S2. The van der Waals surface area contributed by atoms with E-state index >= 15 is 0 Å². The van der Waals surface area contributed by atoms with Crippen LogP contribution in [0.15, 0.2) is 46.2 Å². The Kier molecular flexibility index (Phi) is 5.40. The van der Waals surface area contributed by atoms with E-state index < -0.39 is 6.09 Å². The maximum atomic E-state index is 11.6. The van der Waals surface area contributed by atoms with Gasteiger partial charge in [0.05, 0.1) is 12.3 Å². The summed E-state index contributed by atoms with van der Waals surface area (Å²) in [5.41, 5.74) is 0.305. The normalized spacial score (nSPS) is 14.2. The van der Waals surface area contributed by atoms with Crippen LogP contribution in [0, 0.1) is 0 Å². The molecular weight excluding hydrogens is 298 g/mol. The van der Waals surface area contributed by atoms with Crippen molar-refractivity contribution >= 4 is 33.4 Å². The highest BCUT2D eigenvalue weighted by molar-refractivity contribution is 8.79. The molecule has 0 fully saturated rings. The number of hydrogen-bond acceptors (Lipinski definition) is 6.